The maximum absolute atomic E-state index is 12.6. The monoisotopic (exact) mass is 365 g/mol. The first kappa shape index (κ1) is 18.3. The summed E-state index contributed by atoms with van der Waals surface area (Å²) in [5, 5.41) is 17.0. The highest BCUT2D eigenvalue weighted by atomic mass is 16.6. The van der Waals surface area contributed by atoms with Gasteiger partial charge < -0.3 is 9.73 Å². The summed E-state index contributed by atoms with van der Waals surface area (Å²) in [7, 11) is 0. The Labute approximate surface area is 156 Å². The largest absolute Gasteiger partial charge is 0.467 e. The minimum absolute atomic E-state index is 0.149. The number of nitro groups is 1. The van der Waals surface area contributed by atoms with E-state index in [2.05, 4.69) is 10.6 Å². The third kappa shape index (κ3) is 4.39. The molecule has 0 saturated heterocycles. The Morgan fingerprint density at radius 2 is 1.74 bits per heavy atom. The van der Waals surface area contributed by atoms with Crippen LogP contribution < -0.4 is 10.6 Å². The van der Waals surface area contributed by atoms with Gasteiger partial charge in [-0.25, -0.2) is 0 Å². The van der Waals surface area contributed by atoms with Gasteiger partial charge in [-0.3, -0.25) is 20.2 Å². The average Bonchev–Trinajstić information content (AvgIpc) is 3.21. The average molecular weight is 365 g/mol. The van der Waals surface area contributed by atoms with Crippen molar-refractivity contribution in [3.8, 4) is 0 Å². The summed E-state index contributed by atoms with van der Waals surface area (Å²) in [5.74, 6) is 0.295. The number of carbonyl (C=O) groups excluding carboxylic acids is 1. The predicted octanol–water partition coefficient (Wildman–Crippen LogP) is 3.89. The van der Waals surface area contributed by atoms with E-state index in [1.165, 1.54) is 12.1 Å². The van der Waals surface area contributed by atoms with Crippen LogP contribution >= 0.6 is 0 Å². The van der Waals surface area contributed by atoms with E-state index in [0.717, 1.165) is 5.56 Å². The second-order valence-electron chi connectivity index (χ2n) is 6.01. The quantitative estimate of drug-likeness (QED) is 0.489. The molecular weight excluding hydrogens is 346 g/mol. The molecule has 1 heterocycles. The molecule has 0 unspecified atom stereocenters. The van der Waals surface area contributed by atoms with Crippen LogP contribution in [0.15, 0.2) is 77.4 Å². The van der Waals surface area contributed by atoms with Crippen LogP contribution in [0, 0.1) is 10.1 Å². The highest BCUT2D eigenvalue weighted by molar-refractivity contribution is 5.96. The minimum Gasteiger partial charge on any atom is -0.467 e. The van der Waals surface area contributed by atoms with Crippen LogP contribution in [0.3, 0.4) is 0 Å². The number of hydrogen-bond donors (Lipinski definition) is 2. The van der Waals surface area contributed by atoms with Gasteiger partial charge >= 0.3 is 0 Å². The van der Waals surface area contributed by atoms with Gasteiger partial charge in [0.2, 0.25) is 5.91 Å². The molecule has 2 aromatic carbocycles. The highest BCUT2D eigenvalue weighted by Crippen LogP contribution is 2.25. The molecular formula is C20H19N3O4. The number of benzene rings is 2. The third-order valence-electron chi connectivity index (χ3n) is 4.13. The third-order valence-corrected chi connectivity index (χ3v) is 4.13. The Balaban J connectivity index is 1.77. The topological polar surface area (TPSA) is 97.4 Å². The summed E-state index contributed by atoms with van der Waals surface area (Å²) in [6.07, 6.45) is 1.57. The van der Waals surface area contributed by atoms with Crippen LogP contribution in [0.2, 0.25) is 0 Å². The molecule has 7 heteroatoms. The molecule has 3 rings (SSSR count). The normalized spacial score (nSPS) is 12.9. The molecule has 7 nitrogen and oxygen atoms in total. The highest BCUT2D eigenvalue weighted by Gasteiger charge is 2.24. The molecule has 1 aromatic heterocycles. The Morgan fingerprint density at radius 1 is 1.04 bits per heavy atom. The summed E-state index contributed by atoms with van der Waals surface area (Å²) in [5.41, 5.74) is 0.955. The van der Waals surface area contributed by atoms with Gasteiger partial charge in [0.05, 0.1) is 23.3 Å². The summed E-state index contributed by atoms with van der Waals surface area (Å²) < 4.78 is 5.52. The number of furan rings is 1. The molecule has 3 aromatic rings. The summed E-state index contributed by atoms with van der Waals surface area (Å²) in [4.78, 5) is 23.2. The molecule has 0 saturated carbocycles. The summed E-state index contributed by atoms with van der Waals surface area (Å²) in [6, 6.07) is 18.3. The Kier molecular flexibility index (Phi) is 5.63. The molecule has 138 valence electrons. The van der Waals surface area contributed by atoms with E-state index in [1.54, 1.807) is 31.4 Å². The van der Waals surface area contributed by atoms with E-state index in [1.807, 2.05) is 36.4 Å². The van der Waals surface area contributed by atoms with Crippen molar-refractivity contribution < 1.29 is 14.1 Å². The maximum Gasteiger partial charge on any atom is 0.292 e. The summed E-state index contributed by atoms with van der Waals surface area (Å²) in [6.45, 7) is 1.70. The van der Waals surface area contributed by atoms with Crippen LogP contribution in [0.4, 0.5) is 11.4 Å². The van der Waals surface area contributed by atoms with Crippen molar-refractivity contribution in [1.82, 2.24) is 5.32 Å². The number of rotatable bonds is 7. The Bertz CT molecular complexity index is 910. The number of para-hydroxylation sites is 2. The zero-order valence-electron chi connectivity index (χ0n) is 14.7. The van der Waals surface area contributed by atoms with Gasteiger partial charge in [0, 0.05) is 6.07 Å². The zero-order chi connectivity index (χ0) is 19.2. The van der Waals surface area contributed by atoms with Gasteiger partial charge in [0.1, 0.15) is 11.4 Å². The lowest BCUT2D eigenvalue weighted by Crippen LogP contribution is -2.40. The number of hydrogen-bond acceptors (Lipinski definition) is 5. The fourth-order valence-corrected chi connectivity index (χ4v) is 2.75. The van der Waals surface area contributed by atoms with Gasteiger partial charge in [0.25, 0.3) is 5.69 Å². The number of amides is 1. The van der Waals surface area contributed by atoms with Gasteiger partial charge in [-0.2, -0.15) is 0 Å². The van der Waals surface area contributed by atoms with E-state index in [-0.39, 0.29) is 23.3 Å². The lowest BCUT2D eigenvalue weighted by molar-refractivity contribution is -0.383. The van der Waals surface area contributed by atoms with E-state index >= 15 is 0 Å². The van der Waals surface area contributed by atoms with Gasteiger partial charge in [0.15, 0.2) is 0 Å². The molecule has 0 spiro atoms. The fourth-order valence-electron chi connectivity index (χ4n) is 2.75. The number of nitrogens with zero attached hydrogens (tertiary/aromatic N) is 1. The first-order valence-corrected chi connectivity index (χ1v) is 8.45. The molecule has 2 atom stereocenters. The molecule has 0 bridgehead atoms. The second kappa shape index (κ2) is 8.29. The van der Waals surface area contributed by atoms with Crippen molar-refractivity contribution in [2.75, 3.05) is 5.32 Å². The van der Waals surface area contributed by atoms with Crippen LogP contribution in [-0.4, -0.2) is 16.9 Å². The van der Waals surface area contributed by atoms with Crippen LogP contribution in [-0.2, 0) is 4.79 Å². The van der Waals surface area contributed by atoms with Crippen LogP contribution in [0.1, 0.15) is 24.3 Å². The van der Waals surface area contributed by atoms with Gasteiger partial charge in [-0.1, -0.05) is 42.5 Å². The molecule has 0 aliphatic carbocycles. The molecule has 1 amide bonds. The number of nitrogens with one attached hydrogen (secondary N) is 2. The molecule has 0 fully saturated rings. The lowest BCUT2D eigenvalue weighted by Gasteiger charge is -2.22. The van der Waals surface area contributed by atoms with Crippen molar-refractivity contribution in [2.24, 2.45) is 0 Å². The second-order valence-corrected chi connectivity index (χ2v) is 6.01. The fraction of sp³-hybridized carbons (Fsp3) is 0.150. The van der Waals surface area contributed by atoms with Gasteiger partial charge in [-0.15, -0.1) is 0 Å². The van der Waals surface area contributed by atoms with E-state index in [0.29, 0.717) is 5.76 Å². The zero-order valence-corrected chi connectivity index (χ0v) is 14.7. The molecule has 0 radical (unpaired) electrons. The molecule has 2 N–H and O–H groups in total. The van der Waals surface area contributed by atoms with Crippen LogP contribution in [0.5, 0.6) is 0 Å². The molecule has 0 aliphatic heterocycles. The van der Waals surface area contributed by atoms with Crippen molar-refractivity contribution in [3.63, 3.8) is 0 Å². The van der Waals surface area contributed by atoms with E-state index in [4.69, 9.17) is 4.42 Å². The SMILES string of the molecule is C[C@H](N[C@@H](c1ccccc1)c1ccco1)C(=O)Nc1ccccc1[N+](=O)[O-]. The molecule has 0 aliphatic rings. The Hall–Kier alpha value is -3.45. The summed E-state index contributed by atoms with van der Waals surface area (Å²) >= 11 is 0. The number of nitro benzene ring substituents is 1. The smallest absolute Gasteiger partial charge is 0.292 e. The maximum atomic E-state index is 12.6. The van der Waals surface area contributed by atoms with Crippen molar-refractivity contribution >= 4 is 17.3 Å². The van der Waals surface area contributed by atoms with Crippen molar-refractivity contribution in [1.29, 1.82) is 0 Å². The number of anilines is 1. The van der Waals surface area contributed by atoms with E-state index < -0.39 is 11.0 Å². The van der Waals surface area contributed by atoms with E-state index in [9.17, 15) is 14.9 Å². The molecule has 27 heavy (non-hydrogen) atoms. The number of carbonyl (C=O) groups is 1. The predicted molar refractivity (Wildman–Crippen MR) is 101 cm³/mol. The van der Waals surface area contributed by atoms with Crippen molar-refractivity contribution in [2.45, 2.75) is 19.0 Å². The van der Waals surface area contributed by atoms with Gasteiger partial charge in [-0.05, 0) is 30.7 Å². The first-order valence-electron chi connectivity index (χ1n) is 8.45. The lowest BCUT2D eigenvalue weighted by atomic mass is 10.0. The Morgan fingerprint density at radius 3 is 2.41 bits per heavy atom. The first-order chi connectivity index (χ1) is 13.1. The van der Waals surface area contributed by atoms with Crippen LogP contribution in [0.25, 0.3) is 0 Å². The van der Waals surface area contributed by atoms with Crippen molar-refractivity contribution in [3.05, 3.63) is 94.4 Å². The standard InChI is InChI=1S/C20H19N3O4/c1-14(20(24)22-16-10-5-6-11-17(16)23(25)26)21-19(18-12-7-13-27-18)15-8-3-2-4-9-15/h2-14,19,21H,1H3,(H,22,24)/t14-,19-/m0/s1. The minimum atomic E-state index is -0.625.